The third kappa shape index (κ3) is 8.52. The predicted octanol–water partition coefficient (Wildman–Crippen LogP) is 7.11. The topological polar surface area (TPSA) is 182 Å². The van der Waals surface area contributed by atoms with Crippen LogP contribution in [0.4, 0.5) is 10.5 Å². The Balaban J connectivity index is 1.25. The number of imidazole rings is 1. The number of methoxy groups -OCH3 is 2. The van der Waals surface area contributed by atoms with Crippen LogP contribution in [-0.4, -0.2) is 90.5 Å². The van der Waals surface area contributed by atoms with Gasteiger partial charge in [0, 0.05) is 18.2 Å². The first kappa shape index (κ1) is 46.4. The van der Waals surface area contributed by atoms with Crippen molar-refractivity contribution in [3.63, 3.8) is 0 Å². The molecule has 0 radical (unpaired) electrons. The number of fused-ring (bicyclic) bond motifs is 4. The van der Waals surface area contributed by atoms with Crippen molar-refractivity contribution in [1.82, 2.24) is 20.2 Å². The summed E-state index contributed by atoms with van der Waals surface area (Å²) in [5.74, 6) is 4.08. The molecule has 0 bridgehead atoms. The van der Waals surface area contributed by atoms with Gasteiger partial charge in [-0.15, -0.1) is 0 Å². The molecule has 3 aliphatic rings. The summed E-state index contributed by atoms with van der Waals surface area (Å²) in [7, 11) is 3.04. The number of nitrogens with one attached hydrogen (secondary N) is 2. The molecule has 4 heterocycles. The number of carbonyl (C=O) groups is 4. The van der Waals surface area contributed by atoms with Gasteiger partial charge in [0.25, 0.3) is 0 Å². The Bertz CT molecular complexity index is 3140. The first-order valence-electron chi connectivity index (χ1n) is 23.2. The fourth-order valence-electron chi connectivity index (χ4n) is 10.4. The summed E-state index contributed by atoms with van der Waals surface area (Å²) < 4.78 is 28.9. The molecule has 6 atom stereocenters. The van der Waals surface area contributed by atoms with Crippen LogP contribution in [0.2, 0.25) is 0 Å². The van der Waals surface area contributed by atoms with Crippen LogP contribution in [0.25, 0.3) is 11.0 Å². The van der Waals surface area contributed by atoms with Crippen LogP contribution >= 0.6 is 0 Å². The highest BCUT2D eigenvalue weighted by atomic mass is 16.6. The third-order valence-corrected chi connectivity index (χ3v) is 13.3. The number of para-hydroxylation sites is 2. The van der Waals surface area contributed by atoms with Crippen LogP contribution < -0.4 is 19.7 Å². The van der Waals surface area contributed by atoms with Crippen molar-refractivity contribution >= 4 is 40.6 Å². The van der Waals surface area contributed by atoms with Gasteiger partial charge in [0.2, 0.25) is 11.8 Å². The van der Waals surface area contributed by atoms with E-state index >= 15 is 14.4 Å². The van der Waals surface area contributed by atoms with E-state index in [-0.39, 0.29) is 44.2 Å². The number of aromatic nitrogens is 2. The number of hydrogen-bond donors (Lipinski definition) is 3. The Morgan fingerprint density at radius 2 is 1.46 bits per heavy atom. The minimum absolute atomic E-state index is 0.0352. The second-order valence-corrected chi connectivity index (χ2v) is 17.3. The number of ether oxygens (including phenoxy) is 5. The molecule has 3 aliphatic heterocycles. The zero-order chi connectivity index (χ0) is 49.1. The first-order chi connectivity index (χ1) is 34.7. The van der Waals surface area contributed by atoms with Crippen LogP contribution in [-0.2, 0) is 40.6 Å². The van der Waals surface area contributed by atoms with Crippen LogP contribution in [0.5, 0.6) is 11.5 Å². The quantitative estimate of drug-likeness (QED) is 0.0607. The molecule has 2 saturated heterocycles. The number of morpholine rings is 1. The number of hydrogen-bond acceptors (Lipinski definition) is 12. The van der Waals surface area contributed by atoms with Gasteiger partial charge in [0.05, 0.1) is 61.6 Å². The number of nitrogens with zero attached hydrogens (tertiary/aromatic N) is 3. The molecule has 3 amide bonds. The molecule has 71 heavy (non-hydrogen) atoms. The smallest absolute Gasteiger partial charge is 0.421 e. The van der Waals surface area contributed by atoms with E-state index in [4.69, 9.17) is 28.7 Å². The maximum atomic E-state index is 16.5. The lowest BCUT2D eigenvalue weighted by Gasteiger charge is -2.46. The Morgan fingerprint density at radius 1 is 0.761 bits per heavy atom. The second-order valence-electron chi connectivity index (χ2n) is 17.3. The van der Waals surface area contributed by atoms with Crippen molar-refractivity contribution in [3.05, 3.63) is 191 Å². The van der Waals surface area contributed by atoms with Gasteiger partial charge in [-0.25, -0.2) is 14.7 Å². The van der Waals surface area contributed by atoms with E-state index in [1.807, 2.05) is 108 Å². The van der Waals surface area contributed by atoms with E-state index < -0.39 is 59.4 Å². The maximum Gasteiger partial charge on any atom is 0.421 e. The van der Waals surface area contributed by atoms with E-state index in [1.165, 1.54) is 7.11 Å². The van der Waals surface area contributed by atoms with Crippen LogP contribution in [0, 0.1) is 17.8 Å². The normalized spacial score (nSPS) is 21.2. The summed E-state index contributed by atoms with van der Waals surface area (Å²) in [6, 6.07) is 42.1. The lowest BCUT2D eigenvalue weighted by molar-refractivity contribution is -0.178. The summed E-state index contributed by atoms with van der Waals surface area (Å²) in [4.78, 5) is 73.3. The van der Waals surface area contributed by atoms with Crippen molar-refractivity contribution < 1.29 is 48.0 Å². The van der Waals surface area contributed by atoms with E-state index in [0.717, 1.165) is 16.0 Å². The van der Waals surface area contributed by atoms with Gasteiger partial charge in [-0.2, -0.15) is 0 Å². The largest absolute Gasteiger partial charge is 0.497 e. The molecule has 10 rings (SSSR count). The Kier molecular flexibility index (Phi) is 13.1. The summed E-state index contributed by atoms with van der Waals surface area (Å²) >= 11 is 0. The van der Waals surface area contributed by atoms with E-state index in [1.54, 1.807) is 55.6 Å². The summed E-state index contributed by atoms with van der Waals surface area (Å²) in [6.45, 7) is -0.553. The number of rotatable bonds is 13. The highest BCUT2D eigenvalue weighted by Gasteiger charge is 2.75. The van der Waals surface area contributed by atoms with Crippen molar-refractivity contribution in [2.45, 2.75) is 36.2 Å². The standard InChI is InChI=1S/C56H49N5O10/c1-67-30-31-70-55(66)60-45-27-24-36(21-20-35-22-25-40(68-2)26-23-35)32-42(45)56(54(60)65)47(52(63)57-34-46-58-43-18-9-10-19-44(43)59-46)49-53(64)71-50(38-14-7-4-8-15-38)48(37-12-5-3-6-13-37)61(49)51(56)39-16-11-17-41(33-39)69-29-28-62/h3-19,22-27,32-33,47-51,62H,28-31,34H2,1-2H3,(H,57,63)(H,58,59)/t47-,48-,49-,50+,51+,56-/m1/s1. The number of anilines is 1. The Hall–Kier alpha value is -8.29. The van der Waals surface area contributed by atoms with E-state index in [0.29, 0.717) is 45.1 Å². The number of imide groups is 1. The fraction of sp³-hybridized carbons (Fsp3) is 0.232. The van der Waals surface area contributed by atoms with Gasteiger partial charge in [0.1, 0.15) is 48.1 Å². The molecular formula is C56H49N5O10. The molecule has 6 aromatic carbocycles. The summed E-state index contributed by atoms with van der Waals surface area (Å²) in [6.07, 6.45) is -1.95. The molecule has 0 aliphatic carbocycles. The number of carbonyl (C=O) groups excluding carboxylic acids is 4. The molecular weight excluding hydrogens is 903 g/mol. The molecule has 15 nitrogen and oxygen atoms in total. The van der Waals surface area contributed by atoms with Gasteiger partial charge in [-0.1, -0.05) is 96.8 Å². The lowest BCUT2D eigenvalue weighted by Crippen LogP contribution is -2.55. The Morgan fingerprint density at radius 3 is 2.20 bits per heavy atom. The SMILES string of the molecule is COCCOC(=O)N1C(=O)[C@@]2(c3cc(C#Cc4ccc(OC)cc4)ccc31)[C@H](c1cccc(OCCO)c1)N1[C@H](c3ccccc3)[C@H](c3ccccc3)OC(=O)[C@H]1[C@@H]2C(=O)NCc1nc2ccccc2[nH]1. The number of cyclic esters (lactones) is 1. The maximum absolute atomic E-state index is 16.5. The number of amides is 3. The summed E-state index contributed by atoms with van der Waals surface area (Å²) in [5, 5.41) is 12.9. The molecule has 2 fully saturated rings. The molecule has 358 valence electrons. The highest BCUT2D eigenvalue weighted by Crippen LogP contribution is 2.66. The number of aliphatic hydroxyl groups is 1. The Labute approximate surface area is 409 Å². The molecule has 15 heteroatoms. The number of aliphatic hydroxyl groups excluding tert-OH is 1. The minimum Gasteiger partial charge on any atom is -0.497 e. The molecule has 3 N–H and O–H groups in total. The molecule has 7 aromatic rings. The monoisotopic (exact) mass is 951 g/mol. The molecule has 0 unspecified atom stereocenters. The number of benzene rings is 6. The number of aromatic amines is 1. The van der Waals surface area contributed by atoms with E-state index in [2.05, 4.69) is 22.1 Å². The molecule has 1 aromatic heterocycles. The first-order valence-corrected chi connectivity index (χ1v) is 23.2. The van der Waals surface area contributed by atoms with Crippen molar-refractivity contribution in [2.24, 2.45) is 5.92 Å². The van der Waals surface area contributed by atoms with Gasteiger partial charge < -0.3 is 39.1 Å². The average Bonchev–Trinajstić information content (AvgIpc) is 4.05. The van der Waals surface area contributed by atoms with Gasteiger partial charge in [0.15, 0.2) is 0 Å². The van der Waals surface area contributed by atoms with Crippen molar-refractivity contribution in [1.29, 1.82) is 0 Å². The zero-order valence-electron chi connectivity index (χ0n) is 38.8. The van der Waals surface area contributed by atoms with Gasteiger partial charge in [-0.05, 0) is 89.0 Å². The molecule has 1 spiro atoms. The third-order valence-electron chi connectivity index (χ3n) is 13.3. The van der Waals surface area contributed by atoms with Gasteiger partial charge >= 0.3 is 12.1 Å². The minimum atomic E-state index is -2.09. The van der Waals surface area contributed by atoms with E-state index in [9.17, 15) is 9.90 Å². The van der Waals surface area contributed by atoms with Crippen molar-refractivity contribution in [2.75, 3.05) is 45.5 Å². The number of esters is 1. The highest BCUT2D eigenvalue weighted by molar-refractivity contribution is 6.23. The number of H-pyrrole nitrogens is 1. The summed E-state index contributed by atoms with van der Waals surface area (Å²) in [5.41, 5.74) is 2.76. The zero-order valence-corrected chi connectivity index (χ0v) is 38.8. The van der Waals surface area contributed by atoms with Gasteiger partial charge in [-0.3, -0.25) is 19.3 Å². The van der Waals surface area contributed by atoms with Crippen LogP contribution in [0.3, 0.4) is 0 Å². The fourth-order valence-corrected chi connectivity index (χ4v) is 10.4. The second kappa shape index (κ2) is 20.0. The van der Waals surface area contributed by atoms with Crippen molar-refractivity contribution in [3.8, 4) is 23.3 Å². The van der Waals surface area contributed by atoms with Crippen LogP contribution in [0.1, 0.15) is 57.4 Å². The van der Waals surface area contributed by atoms with Crippen LogP contribution in [0.15, 0.2) is 152 Å². The lowest BCUT2D eigenvalue weighted by atomic mass is 9.65. The average molecular weight is 952 g/mol. The molecule has 0 saturated carbocycles. The predicted molar refractivity (Wildman–Crippen MR) is 261 cm³/mol.